The number of hydrogen-bond donors (Lipinski definition) is 1. The van der Waals surface area contributed by atoms with Crippen molar-refractivity contribution in [2.24, 2.45) is 0 Å². The van der Waals surface area contributed by atoms with Crippen molar-refractivity contribution in [3.63, 3.8) is 0 Å². The molecule has 2 heteroatoms. The summed E-state index contributed by atoms with van der Waals surface area (Å²) < 4.78 is 5.47. The summed E-state index contributed by atoms with van der Waals surface area (Å²) in [5.74, 6) is 0. The Morgan fingerprint density at radius 2 is 2.07 bits per heavy atom. The number of benzene rings is 1. The summed E-state index contributed by atoms with van der Waals surface area (Å²) in [6, 6.07) is 10.2. The fourth-order valence-corrected chi connectivity index (χ4v) is 2.09. The largest absolute Gasteiger partial charge is 0.395 e. The van der Waals surface area contributed by atoms with E-state index in [1.54, 1.807) is 0 Å². The molecule has 0 saturated carbocycles. The Kier molecular flexibility index (Phi) is 2.85. The zero-order chi connectivity index (χ0) is 9.86. The molecule has 1 aromatic carbocycles. The lowest BCUT2D eigenvalue weighted by Crippen LogP contribution is -2.39. The van der Waals surface area contributed by atoms with Crippen LogP contribution in [0, 0.1) is 0 Å². The van der Waals surface area contributed by atoms with Crippen LogP contribution in [0.1, 0.15) is 18.4 Å². The third kappa shape index (κ3) is 1.68. The lowest BCUT2D eigenvalue weighted by atomic mass is 9.77. The first-order chi connectivity index (χ1) is 6.87. The van der Waals surface area contributed by atoms with Crippen LogP contribution in [0.5, 0.6) is 0 Å². The van der Waals surface area contributed by atoms with Crippen LogP contribution in [0.15, 0.2) is 30.3 Å². The maximum atomic E-state index is 9.51. The van der Waals surface area contributed by atoms with E-state index in [1.807, 2.05) is 18.2 Å². The van der Waals surface area contributed by atoms with Crippen LogP contribution < -0.4 is 0 Å². The van der Waals surface area contributed by atoms with Gasteiger partial charge >= 0.3 is 0 Å². The van der Waals surface area contributed by atoms with Gasteiger partial charge in [0.05, 0.1) is 13.2 Å². The van der Waals surface area contributed by atoms with Crippen LogP contribution in [0.2, 0.25) is 0 Å². The summed E-state index contributed by atoms with van der Waals surface area (Å²) in [5, 5.41) is 9.51. The first-order valence-electron chi connectivity index (χ1n) is 5.11. The summed E-state index contributed by atoms with van der Waals surface area (Å²) in [6.45, 7) is 1.65. The fourth-order valence-electron chi connectivity index (χ4n) is 2.09. The zero-order valence-corrected chi connectivity index (χ0v) is 8.28. The van der Waals surface area contributed by atoms with Crippen LogP contribution >= 0.6 is 0 Å². The number of hydrogen-bond acceptors (Lipinski definition) is 2. The van der Waals surface area contributed by atoms with Crippen molar-refractivity contribution in [1.29, 1.82) is 0 Å². The molecule has 1 saturated heterocycles. The molecule has 0 spiro atoms. The number of aliphatic hydroxyl groups excluding tert-OH is 1. The second kappa shape index (κ2) is 4.11. The van der Waals surface area contributed by atoms with Gasteiger partial charge in [0.2, 0.25) is 0 Å². The van der Waals surface area contributed by atoms with Crippen molar-refractivity contribution in [3.05, 3.63) is 35.9 Å². The van der Waals surface area contributed by atoms with Gasteiger partial charge in [0.15, 0.2) is 0 Å². The highest BCUT2D eigenvalue weighted by atomic mass is 16.5. The van der Waals surface area contributed by atoms with Crippen molar-refractivity contribution in [1.82, 2.24) is 0 Å². The average molecular weight is 192 g/mol. The molecule has 76 valence electrons. The minimum Gasteiger partial charge on any atom is -0.395 e. The quantitative estimate of drug-likeness (QED) is 0.773. The van der Waals surface area contributed by atoms with Gasteiger partial charge in [-0.05, 0) is 18.4 Å². The van der Waals surface area contributed by atoms with Crippen molar-refractivity contribution < 1.29 is 9.84 Å². The van der Waals surface area contributed by atoms with E-state index in [0.29, 0.717) is 6.61 Å². The van der Waals surface area contributed by atoms with Crippen molar-refractivity contribution in [3.8, 4) is 0 Å². The minimum absolute atomic E-state index is 0.153. The third-order valence-electron chi connectivity index (χ3n) is 3.01. The summed E-state index contributed by atoms with van der Waals surface area (Å²) in [4.78, 5) is 0. The van der Waals surface area contributed by atoms with E-state index >= 15 is 0 Å². The van der Waals surface area contributed by atoms with Crippen molar-refractivity contribution in [2.45, 2.75) is 18.3 Å². The Balaban J connectivity index is 2.27. The second-order valence-corrected chi connectivity index (χ2v) is 3.96. The minimum atomic E-state index is -0.153. The SMILES string of the molecule is OCC1(c2ccccc2)CCCOC1. The Labute approximate surface area is 84.5 Å². The zero-order valence-electron chi connectivity index (χ0n) is 8.28. The molecule has 2 rings (SSSR count). The Hall–Kier alpha value is -0.860. The topological polar surface area (TPSA) is 29.5 Å². The molecule has 0 aliphatic carbocycles. The average Bonchev–Trinajstić information content (AvgIpc) is 2.31. The van der Waals surface area contributed by atoms with Gasteiger partial charge < -0.3 is 9.84 Å². The van der Waals surface area contributed by atoms with Crippen LogP contribution in [-0.2, 0) is 10.2 Å². The molecule has 1 heterocycles. The lowest BCUT2D eigenvalue weighted by Gasteiger charge is -2.35. The molecule has 2 nitrogen and oxygen atoms in total. The first-order valence-corrected chi connectivity index (χ1v) is 5.11. The molecule has 0 bridgehead atoms. The predicted octanol–water partition coefficient (Wildman–Crippen LogP) is 1.73. The van der Waals surface area contributed by atoms with Gasteiger partial charge in [-0.25, -0.2) is 0 Å². The van der Waals surface area contributed by atoms with Gasteiger partial charge in [0.25, 0.3) is 0 Å². The molecule has 0 radical (unpaired) electrons. The highest BCUT2D eigenvalue weighted by Crippen LogP contribution is 2.32. The summed E-state index contributed by atoms with van der Waals surface area (Å²) in [7, 11) is 0. The summed E-state index contributed by atoms with van der Waals surface area (Å²) in [5.41, 5.74) is 1.04. The summed E-state index contributed by atoms with van der Waals surface area (Å²) in [6.07, 6.45) is 2.06. The first kappa shape index (κ1) is 9.69. The Morgan fingerprint density at radius 3 is 2.64 bits per heavy atom. The molecule has 0 amide bonds. The van der Waals surface area contributed by atoms with Crippen LogP contribution in [0.4, 0.5) is 0 Å². The van der Waals surface area contributed by atoms with Gasteiger partial charge in [0, 0.05) is 12.0 Å². The van der Waals surface area contributed by atoms with E-state index in [0.717, 1.165) is 19.4 Å². The van der Waals surface area contributed by atoms with Crippen LogP contribution in [-0.4, -0.2) is 24.9 Å². The van der Waals surface area contributed by atoms with Gasteiger partial charge in [-0.3, -0.25) is 0 Å². The number of rotatable bonds is 2. The molecular formula is C12H16O2. The van der Waals surface area contributed by atoms with E-state index in [1.165, 1.54) is 5.56 Å². The molecule has 1 aromatic rings. The van der Waals surface area contributed by atoms with E-state index < -0.39 is 0 Å². The van der Waals surface area contributed by atoms with Crippen molar-refractivity contribution >= 4 is 0 Å². The number of ether oxygens (including phenoxy) is 1. The standard InChI is InChI=1S/C12H16O2/c13-9-12(7-4-8-14-10-12)11-5-2-1-3-6-11/h1-3,5-6,13H,4,7-10H2. The molecule has 1 unspecified atom stereocenters. The third-order valence-corrected chi connectivity index (χ3v) is 3.01. The van der Waals surface area contributed by atoms with Gasteiger partial charge in [-0.15, -0.1) is 0 Å². The van der Waals surface area contributed by atoms with Crippen LogP contribution in [0.25, 0.3) is 0 Å². The highest BCUT2D eigenvalue weighted by molar-refractivity contribution is 5.26. The lowest BCUT2D eigenvalue weighted by molar-refractivity contribution is 0.00696. The molecular weight excluding hydrogens is 176 g/mol. The Morgan fingerprint density at radius 1 is 1.29 bits per heavy atom. The van der Waals surface area contributed by atoms with Crippen LogP contribution in [0.3, 0.4) is 0 Å². The molecule has 0 aromatic heterocycles. The molecule has 14 heavy (non-hydrogen) atoms. The smallest absolute Gasteiger partial charge is 0.0585 e. The maximum Gasteiger partial charge on any atom is 0.0585 e. The van der Waals surface area contributed by atoms with Gasteiger partial charge in [-0.1, -0.05) is 30.3 Å². The van der Waals surface area contributed by atoms with Gasteiger partial charge in [-0.2, -0.15) is 0 Å². The molecule has 1 N–H and O–H groups in total. The predicted molar refractivity (Wildman–Crippen MR) is 55.3 cm³/mol. The second-order valence-electron chi connectivity index (χ2n) is 3.96. The van der Waals surface area contributed by atoms with E-state index in [-0.39, 0.29) is 12.0 Å². The fraction of sp³-hybridized carbons (Fsp3) is 0.500. The van der Waals surface area contributed by atoms with Gasteiger partial charge in [0.1, 0.15) is 0 Å². The van der Waals surface area contributed by atoms with E-state index in [9.17, 15) is 5.11 Å². The van der Waals surface area contributed by atoms with Crippen molar-refractivity contribution in [2.75, 3.05) is 19.8 Å². The Bertz CT molecular complexity index is 276. The highest BCUT2D eigenvalue weighted by Gasteiger charge is 2.33. The number of aliphatic hydroxyl groups is 1. The monoisotopic (exact) mass is 192 g/mol. The maximum absolute atomic E-state index is 9.51. The molecule has 1 atom stereocenters. The molecule has 1 fully saturated rings. The van der Waals surface area contributed by atoms with E-state index in [2.05, 4.69) is 12.1 Å². The van der Waals surface area contributed by atoms with E-state index in [4.69, 9.17) is 4.74 Å². The molecule has 1 aliphatic heterocycles. The normalized spacial score (nSPS) is 27.5. The summed E-state index contributed by atoms with van der Waals surface area (Å²) >= 11 is 0. The molecule has 1 aliphatic rings.